The molecule has 0 aliphatic rings. The van der Waals surface area contributed by atoms with E-state index in [1.54, 1.807) is 0 Å². The molecule has 3 N–H and O–H groups in total. The van der Waals surface area contributed by atoms with Crippen molar-refractivity contribution in [3.8, 4) is 0 Å². The zero-order chi connectivity index (χ0) is 18.5. The molecule has 5 nitrogen and oxygen atoms in total. The highest BCUT2D eigenvalue weighted by atomic mass is 19.2. The first-order valence-electron chi connectivity index (χ1n) is 7.68. The first kappa shape index (κ1) is 20.0. The first-order chi connectivity index (χ1) is 11.0. The van der Waals surface area contributed by atoms with Gasteiger partial charge in [0.2, 0.25) is 11.8 Å². The molecule has 2 amide bonds. The van der Waals surface area contributed by atoms with Crippen molar-refractivity contribution in [3.05, 3.63) is 35.4 Å². The lowest BCUT2D eigenvalue weighted by molar-refractivity contribution is -0.127. The lowest BCUT2D eigenvalue weighted by Gasteiger charge is -2.21. The molecule has 0 saturated heterocycles. The zero-order valence-corrected chi connectivity index (χ0v) is 14.3. The van der Waals surface area contributed by atoms with E-state index in [2.05, 4.69) is 10.6 Å². The predicted molar refractivity (Wildman–Crippen MR) is 86.0 cm³/mol. The number of aliphatic hydroxyl groups is 1. The van der Waals surface area contributed by atoms with Crippen molar-refractivity contribution in [2.45, 2.75) is 46.3 Å². The Balaban J connectivity index is 2.51. The summed E-state index contributed by atoms with van der Waals surface area (Å²) in [5.74, 6) is -2.80. The van der Waals surface area contributed by atoms with Crippen molar-refractivity contribution >= 4 is 11.8 Å². The largest absolute Gasteiger partial charge is 0.386 e. The second kappa shape index (κ2) is 8.19. The highest BCUT2D eigenvalue weighted by Gasteiger charge is 2.21. The number of rotatable bonds is 6. The van der Waals surface area contributed by atoms with Crippen LogP contribution in [-0.4, -0.2) is 29.5 Å². The SMILES string of the molecule is CC(NC(=O)CNC(=O)CC(C)(C)C)C(O)c1ccc(F)c(F)c1. The number of hydrogen-bond acceptors (Lipinski definition) is 3. The van der Waals surface area contributed by atoms with E-state index < -0.39 is 29.7 Å². The molecule has 2 atom stereocenters. The first-order valence-corrected chi connectivity index (χ1v) is 7.68. The van der Waals surface area contributed by atoms with Crippen LogP contribution in [0.1, 0.15) is 45.8 Å². The Kier molecular flexibility index (Phi) is 6.83. The molecule has 24 heavy (non-hydrogen) atoms. The fourth-order valence-electron chi connectivity index (χ4n) is 2.09. The number of carbonyl (C=O) groups is 2. The second-order valence-electron chi connectivity index (χ2n) is 6.99. The van der Waals surface area contributed by atoms with Gasteiger partial charge in [-0.25, -0.2) is 8.78 Å². The summed E-state index contributed by atoms with van der Waals surface area (Å²) in [7, 11) is 0. The molecule has 0 aromatic heterocycles. The second-order valence-corrected chi connectivity index (χ2v) is 6.99. The molecule has 0 heterocycles. The number of amides is 2. The Labute approximate surface area is 140 Å². The molecule has 1 aromatic rings. The van der Waals surface area contributed by atoms with Crippen LogP contribution in [0.2, 0.25) is 0 Å². The molecule has 0 saturated carbocycles. The monoisotopic (exact) mass is 342 g/mol. The van der Waals surface area contributed by atoms with Gasteiger partial charge in [0.25, 0.3) is 0 Å². The fraction of sp³-hybridized carbons (Fsp3) is 0.529. The van der Waals surface area contributed by atoms with Crippen molar-refractivity contribution < 1.29 is 23.5 Å². The van der Waals surface area contributed by atoms with Crippen molar-refractivity contribution in [2.24, 2.45) is 5.41 Å². The lowest BCUT2D eigenvalue weighted by atomic mass is 9.92. The number of aliphatic hydroxyl groups excluding tert-OH is 1. The van der Waals surface area contributed by atoms with Gasteiger partial charge in [0.1, 0.15) is 0 Å². The third kappa shape index (κ3) is 6.62. The van der Waals surface area contributed by atoms with Crippen LogP contribution < -0.4 is 10.6 Å². The van der Waals surface area contributed by atoms with Crippen LogP contribution in [0.25, 0.3) is 0 Å². The maximum absolute atomic E-state index is 13.2. The minimum atomic E-state index is -1.20. The van der Waals surface area contributed by atoms with Gasteiger partial charge in [0.05, 0.1) is 18.7 Å². The maximum Gasteiger partial charge on any atom is 0.239 e. The van der Waals surface area contributed by atoms with E-state index in [4.69, 9.17) is 0 Å². The van der Waals surface area contributed by atoms with Gasteiger partial charge < -0.3 is 15.7 Å². The third-order valence-electron chi connectivity index (χ3n) is 3.28. The zero-order valence-electron chi connectivity index (χ0n) is 14.3. The summed E-state index contributed by atoms with van der Waals surface area (Å²) >= 11 is 0. The Morgan fingerprint density at radius 2 is 1.79 bits per heavy atom. The Hall–Kier alpha value is -2.02. The van der Waals surface area contributed by atoms with Crippen molar-refractivity contribution in [3.63, 3.8) is 0 Å². The van der Waals surface area contributed by atoms with Gasteiger partial charge in [0.15, 0.2) is 11.6 Å². The van der Waals surface area contributed by atoms with E-state index in [0.717, 1.165) is 12.1 Å². The van der Waals surface area contributed by atoms with Crippen LogP contribution in [-0.2, 0) is 9.59 Å². The van der Waals surface area contributed by atoms with E-state index in [9.17, 15) is 23.5 Å². The molecule has 0 fully saturated rings. The summed E-state index contributed by atoms with van der Waals surface area (Å²) in [6.45, 7) is 7.04. The summed E-state index contributed by atoms with van der Waals surface area (Å²) in [5, 5.41) is 15.1. The molecule has 134 valence electrons. The summed E-state index contributed by atoms with van der Waals surface area (Å²) < 4.78 is 26.1. The normalized spacial score (nSPS) is 14.0. The topological polar surface area (TPSA) is 78.4 Å². The number of hydrogen-bond donors (Lipinski definition) is 3. The summed E-state index contributed by atoms with van der Waals surface area (Å²) in [6, 6.07) is 2.31. The van der Waals surface area contributed by atoms with Crippen LogP contribution in [0.5, 0.6) is 0 Å². The van der Waals surface area contributed by atoms with E-state index in [1.165, 1.54) is 13.0 Å². The molecule has 2 unspecified atom stereocenters. The van der Waals surface area contributed by atoms with Gasteiger partial charge in [-0.05, 0) is 30.0 Å². The van der Waals surface area contributed by atoms with Gasteiger partial charge in [0, 0.05) is 6.42 Å². The van der Waals surface area contributed by atoms with Crippen molar-refractivity contribution in [1.82, 2.24) is 10.6 Å². The van der Waals surface area contributed by atoms with Crippen LogP contribution in [0.15, 0.2) is 18.2 Å². The average molecular weight is 342 g/mol. The van der Waals surface area contributed by atoms with Gasteiger partial charge in [-0.2, -0.15) is 0 Å². The highest BCUT2D eigenvalue weighted by Crippen LogP contribution is 2.19. The minimum Gasteiger partial charge on any atom is -0.386 e. The molecule has 0 aliphatic heterocycles. The van der Waals surface area contributed by atoms with Crippen LogP contribution in [0.4, 0.5) is 8.78 Å². The molecular weight excluding hydrogens is 318 g/mol. The van der Waals surface area contributed by atoms with Gasteiger partial charge in [-0.3, -0.25) is 9.59 Å². The number of carbonyl (C=O) groups excluding carboxylic acids is 2. The Morgan fingerprint density at radius 1 is 1.17 bits per heavy atom. The number of benzene rings is 1. The number of nitrogens with one attached hydrogen (secondary N) is 2. The standard InChI is InChI=1S/C17H24F2N2O3/c1-10(16(24)11-5-6-12(18)13(19)7-11)21-15(23)9-20-14(22)8-17(2,3)4/h5-7,10,16,24H,8-9H2,1-4H3,(H,20,22)(H,21,23). The summed E-state index contributed by atoms with van der Waals surface area (Å²) in [4.78, 5) is 23.5. The maximum atomic E-state index is 13.2. The Bertz CT molecular complexity index is 600. The smallest absolute Gasteiger partial charge is 0.239 e. The van der Waals surface area contributed by atoms with E-state index in [-0.39, 0.29) is 29.9 Å². The number of halogens is 2. The van der Waals surface area contributed by atoms with Gasteiger partial charge in [-0.15, -0.1) is 0 Å². The molecular formula is C17H24F2N2O3. The quantitative estimate of drug-likeness (QED) is 0.740. The average Bonchev–Trinajstić information content (AvgIpc) is 2.45. The van der Waals surface area contributed by atoms with Gasteiger partial charge >= 0.3 is 0 Å². The predicted octanol–water partition coefficient (Wildman–Crippen LogP) is 2.06. The summed E-state index contributed by atoms with van der Waals surface area (Å²) in [6.07, 6.45) is -0.915. The van der Waals surface area contributed by atoms with E-state index in [1.807, 2.05) is 20.8 Å². The van der Waals surface area contributed by atoms with Crippen LogP contribution in [0.3, 0.4) is 0 Å². The Morgan fingerprint density at radius 3 is 2.33 bits per heavy atom. The molecule has 0 aliphatic carbocycles. The van der Waals surface area contributed by atoms with E-state index in [0.29, 0.717) is 0 Å². The lowest BCUT2D eigenvalue weighted by Crippen LogP contribution is -2.43. The van der Waals surface area contributed by atoms with Crippen LogP contribution in [0, 0.1) is 17.0 Å². The van der Waals surface area contributed by atoms with Gasteiger partial charge in [-0.1, -0.05) is 26.8 Å². The molecule has 0 radical (unpaired) electrons. The fourth-order valence-corrected chi connectivity index (χ4v) is 2.09. The van der Waals surface area contributed by atoms with Crippen molar-refractivity contribution in [2.75, 3.05) is 6.54 Å². The molecule has 1 aromatic carbocycles. The van der Waals surface area contributed by atoms with E-state index >= 15 is 0 Å². The molecule has 7 heteroatoms. The minimum absolute atomic E-state index is 0.151. The molecule has 1 rings (SSSR count). The highest BCUT2D eigenvalue weighted by molar-refractivity contribution is 5.85. The van der Waals surface area contributed by atoms with Crippen LogP contribution >= 0.6 is 0 Å². The molecule has 0 spiro atoms. The molecule has 0 bridgehead atoms. The summed E-state index contributed by atoms with van der Waals surface area (Å²) in [5.41, 5.74) is -0.0325. The third-order valence-corrected chi connectivity index (χ3v) is 3.28. The van der Waals surface area contributed by atoms with Crippen molar-refractivity contribution in [1.29, 1.82) is 0 Å².